The Kier molecular flexibility index (Phi) is 7.01. The molecule has 0 aliphatic heterocycles. The average Bonchev–Trinajstić information content (AvgIpc) is 3.55. The van der Waals surface area contributed by atoms with Gasteiger partial charge in [0.15, 0.2) is 0 Å². The van der Waals surface area contributed by atoms with Gasteiger partial charge in [-0.2, -0.15) is 18.4 Å². The zero-order chi connectivity index (χ0) is 24.1. The Morgan fingerprint density at radius 3 is 2.39 bits per heavy atom. The van der Waals surface area contributed by atoms with Crippen LogP contribution in [0.3, 0.4) is 0 Å². The van der Waals surface area contributed by atoms with Crippen molar-refractivity contribution in [2.24, 2.45) is 0 Å². The molecule has 3 aromatic rings. The number of rotatable bonds is 6. The molecular weight excluding hydrogens is 435 g/mol. The third kappa shape index (κ3) is 5.49. The Hall–Kier alpha value is -3.87. The standard InChI is InChI=1S/C12H11F3O.C11H11N5O/c13-12(14,15)11(6-7-11)10-3-1-9(2-4-10)5-8-16;1-13-10-4-11(17)16(15-10)7-9-3-2-8(5-12)6-14-9/h1-4,8H,5-7H2;2-4,6,13,15H,7H2,1H3. The number of hydrogen-bond donors (Lipinski definition) is 2. The molecule has 172 valence electrons. The number of H-pyrrole nitrogens is 1. The lowest BCUT2D eigenvalue weighted by Gasteiger charge is -2.19. The summed E-state index contributed by atoms with van der Waals surface area (Å²) in [6, 6.07) is 13.0. The van der Waals surface area contributed by atoms with Crippen molar-refractivity contribution in [1.82, 2.24) is 14.8 Å². The van der Waals surface area contributed by atoms with E-state index in [1.54, 1.807) is 31.3 Å². The zero-order valence-corrected chi connectivity index (χ0v) is 17.8. The van der Waals surface area contributed by atoms with Crippen LogP contribution in [0.1, 0.15) is 35.2 Å². The summed E-state index contributed by atoms with van der Waals surface area (Å²) in [5, 5.41) is 14.4. The molecule has 0 amide bonds. The number of nitriles is 1. The molecule has 1 aliphatic carbocycles. The number of benzene rings is 1. The van der Waals surface area contributed by atoms with E-state index in [0.717, 1.165) is 17.5 Å². The Morgan fingerprint density at radius 2 is 1.94 bits per heavy atom. The summed E-state index contributed by atoms with van der Waals surface area (Å²) in [6.45, 7) is 0.353. The van der Waals surface area contributed by atoms with E-state index in [1.165, 1.54) is 29.1 Å². The fourth-order valence-corrected chi connectivity index (χ4v) is 3.34. The summed E-state index contributed by atoms with van der Waals surface area (Å²) < 4.78 is 39.8. The molecule has 0 saturated heterocycles. The maximum Gasteiger partial charge on any atom is 0.398 e. The average molecular weight is 457 g/mol. The van der Waals surface area contributed by atoms with E-state index in [1.807, 2.05) is 6.07 Å². The van der Waals surface area contributed by atoms with E-state index in [9.17, 15) is 22.8 Å². The van der Waals surface area contributed by atoms with Crippen LogP contribution in [0.4, 0.5) is 19.0 Å². The van der Waals surface area contributed by atoms with E-state index in [0.29, 0.717) is 23.5 Å². The van der Waals surface area contributed by atoms with Crippen LogP contribution >= 0.6 is 0 Å². The highest BCUT2D eigenvalue weighted by atomic mass is 19.4. The van der Waals surface area contributed by atoms with Crippen molar-refractivity contribution in [3.8, 4) is 6.07 Å². The van der Waals surface area contributed by atoms with Crippen molar-refractivity contribution in [3.05, 3.63) is 81.4 Å². The van der Waals surface area contributed by atoms with Crippen LogP contribution in [-0.4, -0.2) is 34.3 Å². The van der Waals surface area contributed by atoms with E-state index in [2.05, 4.69) is 15.4 Å². The highest BCUT2D eigenvalue weighted by molar-refractivity contribution is 5.55. The van der Waals surface area contributed by atoms with Crippen molar-refractivity contribution in [2.45, 2.75) is 37.4 Å². The molecule has 4 rings (SSSR count). The monoisotopic (exact) mass is 457 g/mol. The number of nitrogens with one attached hydrogen (secondary N) is 2. The Balaban J connectivity index is 0.000000186. The van der Waals surface area contributed by atoms with Gasteiger partial charge in [-0.15, -0.1) is 0 Å². The first kappa shape index (κ1) is 23.8. The van der Waals surface area contributed by atoms with Crippen LogP contribution in [0.25, 0.3) is 0 Å². The minimum atomic E-state index is -4.17. The lowest BCUT2D eigenvalue weighted by Crippen LogP contribution is -2.28. The van der Waals surface area contributed by atoms with E-state index >= 15 is 0 Å². The van der Waals surface area contributed by atoms with Crippen LogP contribution in [0.15, 0.2) is 53.5 Å². The fourth-order valence-electron chi connectivity index (χ4n) is 3.34. The third-order valence-corrected chi connectivity index (χ3v) is 5.45. The van der Waals surface area contributed by atoms with Crippen molar-refractivity contribution < 1.29 is 18.0 Å². The minimum absolute atomic E-state index is 0.125. The van der Waals surface area contributed by atoms with Gasteiger partial charge in [0.1, 0.15) is 18.2 Å². The molecule has 1 saturated carbocycles. The molecular formula is C23H22F3N5O2. The summed E-state index contributed by atoms with van der Waals surface area (Å²) >= 11 is 0. The second-order valence-electron chi connectivity index (χ2n) is 7.64. The Bertz CT molecular complexity index is 1190. The summed E-state index contributed by atoms with van der Waals surface area (Å²) in [6.07, 6.45) is -1.35. The molecule has 2 aromatic heterocycles. The molecule has 1 fully saturated rings. The van der Waals surface area contributed by atoms with Crippen LogP contribution in [0.2, 0.25) is 0 Å². The second kappa shape index (κ2) is 9.73. The fraction of sp³-hybridized carbons (Fsp3) is 0.304. The van der Waals surface area contributed by atoms with Gasteiger partial charge in [-0.25, -0.2) is 4.68 Å². The van der Waals surface area contributed by atoms with Gasteiger partial charge in [-0.05, 0) is 36.1 Å². The number of pyridine rings is 1. The zero-order valence-electron chi connectivity index (χ0n) is 17.8. The molecule has 0 atom stereocenters. The summed E-state index contributed by atoms with van der Waals surface area (Å²) in [4.78, 5) is 25.9. The second-order valence-corrected chi connectivity index (χ2v) is 7.64. The van der Waals surface area contributed by atoms with Crippen LogP contribution in [-0.2, 0) is 23.2 Å². The van der Waals surface area contributed by atoms with Gasteiger partial charge in [0.05, 0.1) is 23.2 Å². The van der Waals surface area contributed by atoms with E-state index in [-0.39, 0.29) is 24.8 Å². The van der Waals surface area contributed by atoms with Crippen molar-refractivity contribution >= 4 is 12.1 Å². The maximum absolute atomic E-state index is 12.8. The number of aromatic nitrogens is 3. The van der Waals surface area contributed by atoms with E-state index in [4.69, 9.17) is 5.26 Å². The van der Waals surface area contributed by atoms with Crippen LogP contribution in [0.5, 0.6) is 0 Å². The van der Waals surface area contributed by atoms with Gasteiger partial charge in [-0.3, -0.25) is 14.9 Å². The molecule has 33 heavy (non-hydrogen) atoms. The van der Waals surface area contributed by atoms with Gasteiger partial charge in [0.2, 0.25) is 0 Å². The molecule has 1 aliphatic rings. The largest absolute Gasteiger partial charge is 0.398 e. The summed E-state index contributed by atoms with van der Waals surface area (Å²) in [7, 11) is 1.73. The Morgan fingerprint density at radius 1 is 1.24 bits per heavy atom. The highest BCUT2D eigenvalue weighted by Gasteiger charge is 2.64. The quantitative estimate of drug-likeness (QED) is 0.551. The van der Waals surface area contributed by atoms with Crippen LogP contribution in [0, 0.1) is 11.3 Å². The molecule has 0 bridgehead atoms. The van der Waals surface area contributed by atoms with Crippen molar-refractivity contribution in [2.75, 3.05) is 12.4 Å². The molecule has 0 spiro atoms. The number of aromatic amines is 1. The topological polar surface area (TPSA) is 104 Å². The van der Waals surface area contributed by atoms with Crippen LogP contribution < -0.4 is 10.9 Å². The Labute approximate surface area is 187 Å². The molecule has 1 aromatic carbocycles. The third-order valence-electron chi connectivity index (χ3n) is 5.45. The predicted molar refractivity (Wildman–Crippen MR) is 116 cm³/mol. The number of halogens is 3. The lowest BCUT2D eigenvalue weighted by molar-refractivity contribution is -0.160. The number of anilines is 1. The number of carbonyl (C=O) groups excluding carboxylic acids is 1. The van der Waals surface area contributed by atoms with Crippen molar-refractivity contribution in [1.29, 1.82) is 5.26 Å². The molecule has 7 nitrogen and oxygen atoms in total. The smallest absolute Gasteiger partial charge is 0.373 e. The van der Waals surface area contributed by atoms with Crippen molar-refractivity contribution in [3.63, 3.8) is 0 Å². The molecule has 2 heterocycles. The number of aldehydes is 1. The van der Waals surface area contributed by atoms with Gasteiger partial charge >= 0.3 is 6.18 Å². The van der Waals surface area contributed by atoms with Gasteiger partial charge in [-0.1, -0.05) is 24.3 Å². The minimum Gasteiger partial charge on any atom is -0.373 e. The number of alkyl halides is 3. The predicted octanol–water partition coefficient (Wildman–Crippen LogP) is 3.55. The van der Waals surface area contributed by atoms with Gasteiger partial charge in [0.25, 0.3) is 5.56 Å². The SMILES string of the molecule is CNc1cc(=O)n(Cc2ccc(C#N)cn2)[nH]1.O=CCc1ccc(C2(C(F)(F)F)CC2)cc1. The number of hydrogen-bond acceptors (Lipinski definition) is 5. The molecule has 2 N–H and O–H groups in total. The van der Waals surface area contributed by atoms with Gasteiger partial charge < -0.3 is 10.1 Å². The first-order valence-corrected chi connectivity index (χ1v) is 10.1. The molecule has 10 heteroatoms. The number of nitrogens with zero attached hydrogens (tertiary/aromatic N) is 3. The maximum atomic E-state index is 12.8. The lowest BCUT2D eigenvalue weighted by atomic mass is 9.94. The number of carbonyl (C=O) groups is 1. The first-order valence-electron chi connectivity index (χ1n) is 10.1. The normalized spacial score (nSPS) is 13.9. The summed E-state index contributed by atoms with van der Waals surface area (Å²) in [5.74, 6) is 0.656. The van der Waals surface area contributed by atoms with Gasteiger partial charge in [0, 0.05) is 25.7 Å². The highest BCUT2D eigenvalue weighted by Crippen LogP contribution is 2.58. The first-order chi connectivity index (χ1) is 15.7. The summed E-state index contributed by atoms with van der Waals surface area (Å²) in [5.41, 5.74) is 0.540. The molecule has 0 unspecified atom stereocenters. The molecule has 0 radical (unpaired) electrons. The van der Waals surface area contributed by atoms with E-state index < -0.39 is 11.6 Å².